The lowest BCUT2D eigenvalue weighted by molar-refractivity contribution is -0.126. The summed E-state index contributed by atoms with van der Waals surface area (Å²) in [4.78, 5) is 22.6. The number of benzene rings is 1. The Hall–Kier alpha value is -1.40. The van der Waals surface area contributed by atoms with Crippen LogP contribution in [0.2, 0.25) is 5.02 Å². The molecule has 0 spiro atoms. The molecule has 2 amide bonds. The molecule has 7 heteroatoms. The summed E-state index contributed by atoms with van der Waals surface area (Å²) in [5.74, 6) is -0.433. The lowest BCUT2D eigenvalue weighted by atomic mass is 10.3. The molecule has 5 nitrogen and oxygen atoms in total. The molecule has 0 fully saturated rings. The fourth-order valence-corrected chi connectivity index (χ4v) is 1.92. The highest BCUT2D eigenvalue weighted by atomic mass is 35.5. The van der Waals surface area contributed by atoms with Crippen molar-refractivity contribution in [1.29, 1.82) is 0 Å². The average Bonchev–Trinajstić information content (AvgIpc) is 2.28. The third kappa shape index (κ3) is 4.97. The predicted octanol–water partition coefficient (Wildman–Crippen LogP) is 1.18. The lowest BCUT2D eigenvalue weighted by Gasteiger charge is -2.05. The Bertz CT molecular complexity index is 440. The molecule has 1 aromatic carbocycles. The van der Waals surface area contributed by atoms with Gasteiger partial charge in [-0.05, 0) is 18.2 Å². The molecular formula is C10H12ClN3O2S. The van der Waals surface area contributed by atoms with Crippen molar-refractivity contribution >= 4 is 40.9 Å². The quantitative estimate of drug-likeness (QED) is 0.439. The van der Waals surface area contributed by atoms with Crippen LogP contribution in [0.4, 0.5) is 5.69 Å². The minimum absolute atomic E-state index is 0.181. The van der Waals surface area contributed by atoms with Crippen molar-refractivity contribution in [2.24, 2.45) is 0 Å². The smallest absolute Gasteiger partial charge is 0.248 e. The third-order valence-corrected chi connectivity index (χ3v) is 3.04. The first-order valence-corrected chi connectivity index (χ1v) is 6.08. The molecule has 0 bridgehead atoms. The number of nitrogen functional groups attached to an aromatic ring is 1. The van der Waals surface area contributed by atoms with Gasteiger partial charge in [0.15, 0.2) is 0 Å². The fourth-order valence-electron chi connectivity index (χ4n) is 0.940. The molecule has 0 saturated heterocycles. The Labute approximate surface area is 108 Å². The number of hydrazine groups is 1. The Morgan fingerprint density at radius 1 is 1.41 bits per heavy atom. The second-order valence-electron chi connectivity index (χ2n) is 3.20. The summed E-state index contributed by atoms with van der Waals surface area (Å²) in [6.07, 6.45) is 0. The van der Waals surface area contributed by atoms with Crippen LogP contribution < -0.4 is 16.6 Å². The minimum Gasteiger partial charge on any atom is -0.398 e. The second kappa shape index (κ2) is 6.36. The highest BCUT2D eigenvalue weighted by Gasteiger charge is 2.04. The molecule has 0 radical (unpaired) electrons. The number of nitrogens with two attached hydrogens (primary N) is 1. The highest BCUT2D eigenvalue weighted by Crippen LogP contribution is 2.25. The van der Waals surface area contributed by atoms with Gasteiger partial charge in [-0.1, -0.05) is 11.6 Å². The molecule has 1 aromatic rings. The Balaban J connectivity index is 2.42. The molecule has 0 aliphatic carbocycles. The molecule has 0 aliphatic rings. The van der Waals surface area contributed by atoms with Crippen molar-refractivity contribution in [2.75, 3.05) is 11.5 Å². The van der Waals surface area contributed by atoms with E-state index in [2.05, 4.69) is 10.9 Å². The summed E-state index contributed by atoms with van der Waals surface area (Å²) in [6.45, 7) is 1.31. The summed E-state index contributed by atoms with van der Waals surface area (Å²) in [5.41, 5.74) is 10.5. The van der Waals surface area contributed by atoms with Crippen LogP contribution >= 0.6 is 23.4 Å². The number of anilines is 1. The van der Waals surface area contributed by atoms with Crippen molar-refractivity contribution in [2.45, 2.75) is 11.8 Å². The Morgan fingerprint density at radius 3 is 2.71 bits per heavy atom. The van der Waals surface area contributed by atoms with Gasteiger partial charge in [0.05, 0.1) is 16.5 Å². The van der Waals surface area contributed by atoms with E-state index < -0.39 is 0 Å². The van der Waals surface area contributed by atoms with E-state index in [4.69, 9.17) is 17.3 Å². The number of nitrogens with one attached hydrogen (secondary N) is 2. The van der Waals surface area contributed by atoms with Gasteiger partial charge in [0.1, 0.15) is 0 Å². The van der Waals surface area contributed by atoms with Crippen LogP contribution in [-0.2, 0) is 9.59 Å². The van der Waals surface area contributed by atoms with Gasteiger partial charge in [-0.15, -0.1) is 11.8 Å². The van der Waals surface area contributed by atoms with E-state index in [-0.39, 0.29) is 17.6 Å². The van der Waals surface area contributed by atoms with E-state index in [1.807, 2.05) is 0 Å². The zero-order chi connectivity index (χ0) is 12.8. The maximum Gasteiger partial charge on any atom is 0.248 e. The van der Waals surface area contributed by atoms with Gasteiger partial charge in [0.25, 0.3) is 0 Å². The lowest BCUT2D eigenvalue weighted by Crippen LogP contribution is -2.41. The fraction of sp³-hybridized carbons (Fsp3) is 0.200. The molecule has 0 unspecified atom stereocenters. The largest absolute Gasteiger partial charge is 0.398 e. The van der Waals surface area contributed by atoms with E-state index in [0.29, 0.717) is 10.7 Å². The van der Waals surface area contributed by atoms with Crippen molar-refractivity contribution in [3.05, 3.63) is 23.2 Å². The SMILES string of the molecule is CC(=O)NNC(=O)CSc1ccc(N)c(Cl)c1. The summed E-state index contributed by atoms with van der Waals surface area (Å²) in [7, 11) is 0. The number of thioether (sulfide) groups is 1. The number of carbonyl (C=O) groups excluding carboxylic acids is 2. The standard InChI is InChI=1S/C10H12ClN3O2S/c1-6(15)13-14-10(16)5-17-7-2-3-9(12)8(11)4-7/h2-4H,5,12H2,1H3,(H,13,15)(H,14,16). The highest BCUT2D eigenvalue weighted by molar-refractivity contribution is 8.00. The van der Waals surface area contributed by atoms with Gasteiger partial charge in [-0.25, -0.2) is 0 Å². The van der Waals surface area contributed by atoms with Gasteiger partial charge in [-0.3, -0.25) is 20.4 Å². The monoisotopic (exact) mass is 273 g/mol. The van der Waals surface area contributed by atoms with E-state index in [1.54, 1.807) is 18.2 Å². The maximum absolute atomic E-state index is 11.3. The van der Waals surface area contributed by atoms with E-state index in [1.165, 1.54) is 18.7 Å². The average molecular weight is 274 g/mol. The molecule has 0 aromatic heterocycles. The minimum atomic E-state index is -0.320. The van der Waals surface area contributed by atoms with Crippen molar-refractivity contribution in [1.82, 2.24) is 10.9 Å². The van der Waals surface area contributed by atoms with Gasteiger partial charge in [0.2, 0.25) is 11.8 Å². The first kappa shape index (κ1) is 13.7. The van der Waals surface area contributed by atoms with Crippen LogP contribution in [-0.4, -0.2) is 17.6 Å². The van der Waals surface area contributed by atoms with Gasteiger partial charge in [-0.2, -0.15) is 0 Å². The number of amides is 2. The van der Waals surface area contributed by atoms with Gasteiger partial charge < -0.3 is 5.73 Å². The van der Waals surface area contributed by atoms with Gasteiger partial charge >= 0.3 is 0 Å². The molecule has 4 N–H and O–H groups in total. The summed E-state index contributed by atoms with van der Waals surface area (Å²) >= 11 is 7.14. The van der Waals surface area contributed by atoms with Crippen LogP contribution in [0.3, 0.4) is 0 Å². The molecular weight excluding hydrogens is 262 g/mol. The van der Waals surface area contributed by atoms with Crippen LogP contribution in [0.25, 0.3) is 0 Å². The number of hydrogen-bond donors (Lipinski definition) is 3. The normalized spacial score (nSPS) is 9.76. The number of halogens is 1. The van der Waals surface area contributed by atoms with Crippen molar-refractivity contribution in [3.63, 3.8) is 0 Å². The van der Waals surface area contributed by atoms with E-state index >= 15 is 0 Å². The molecule has 17 heavy (non-hydrogen) atoms. The molecule has 0 atom stereocenters. The zero-order valence-electron chi connectivity index (χ0n) is 9.12. The van der Waals surface area contributed by atoms with Crippen LogP contribution in [0.15, 0.2) is 23.1 Å². The van der Waals surface area contributed by atoms with Crippen molar-refractivity contribution < 1.29 is 9.59 Å². The topological polar surface area (TPSA) is 84.2 Å². The van der Waals surface area contributed by atoms with Crippen LogP contribution in [0.1, 0.15) is 6.92 Å². The first-order chi connectivity index (χ1) is 7.99. The molecule has 1 rings (SSSR count). The predicted molar refractivity (Wildman–Crippen MR) is 68.5 cm³/mol. The second-order valence-corrected chi connectivity index (χ2v) is 4.66. The molecule has 0 saturated carbocycles. The Kier molecular flexibility index (Phi) is 5.11. The van der Waals surface area contributed by atoms with E-state index in [0.717, 1.165) is 4.90 Å². The third-order valence-electron chi connectivity index (χ3n) is 1.72. The van der Waals surface area contributed by atoms with Crippen LogP contribution in [0, 0.1) is 0 Å². The summed E-state index contributed by atoms with van der Waals surface area (Å²) in [5, 5.41) is 0.456. The van der Waals surface area contributed by atoms with Gasteiger partial charge in [0, 0.05) is 11.8 Å². The number of hydrogen-bond acceptors (Lipinski definition) is 4. The summed E-state index contributed by atoms with van der Waals surface area (Å²) < 4.78 is 0. The molecule has 92 valence electrons. The number of carbonyl (C=O) groups is 2. The summed E-state index contributed by atoms with van der Waals surface area (Å²) in [6, 6.07) is 5.14. The number of rotatable bonds is 3. The molecule has 0 aliphatic heterocycles. The Morgan fingerprint density at radius 2 is 2.12 bits per heavy atom. The van der Waals surface area contributed by atoms with Crippen LogP contribution in [0.5, 0.6) is 0 Å². The van der Waals surface area contributed by atoms with E-state index in [9.17, 15) is 9.59 Å². The van der Waals surface area contributed by atoms with Crippen molar-refractivity contribution in [3.8, 4) is 0 Å². The zero-order valence-corrected chi connectivity index (χ0v) is 10.7. The first-order valence-electron chi connectivity index (χ1n) is 4.72. The maximum atomic E-state index is 11.3. The molecule has 0 heterocycles.